The molecule has 2 aromatic rings. The second-order valence-corrected chi connectivity index (χ2v) is 8.07. The van der Waals surface area contributed by atoms with Gasteiger partial charge in [0.15, 0.2) is 0 Å². The molecular formula is C21H16I2N2O2. The molecule has 0 saturated carbocycles. The number of nitrogens with one attached hydrogen (secondary N) is 1. The van der Waals surface area contributed by atoms with Gasteiger partial charge >= 0.3 is 0 Å². The van der Waals surface area contributed by atoms with Crippen molar-refractivity contribution in [3.05, 3.63) is 59.7 Å². The predicted molar refractivity (Wildman–Crippen MR) is 124 cm³/mol. The lowest BCUT2D eigenvalue weighted by Crippen LogP contribution is -2.14. The van der Waals surface area contributed by atoms with Gasteiger partial charge in [0.1, 0.15) is 24.0 Å². The van der Waals surface area contributed by atoms with Crippen molar-refractivity contribution in [1.82, 2.24) is 0 Å². The summed E-state index contributed by atoms with van der Waals surface area (Å²) in [4.78, 5) is 12.5. The molecule has 6 heteroatoms. The van der Waals surface area contributed by atoms with Crippen LogP contribution in [0, 0.1) is 44.7 Å². The highest BCUT2D eigenvalue weighted by Gasteiger charge is 2.13. The molecule has 0 aliphatic heterocycles. The summed E-state index contributed by atoms with van der Waals surface area (Å²) in [6, 6.07) is 11.5. The summed E-state index contributed by atoms with van der Waals surface area (Å²) < 4.78 is 7.25. The summed E-state index contributed by atoms with van der Waals surface area (Å²) in [5.74, 6) is 2.69. The normalized spacial score (nSPS) is 10.7. The fourth-order valence-corrected chi connectivity index (χ4v) is 4.42. The number of halogens is 2. The zero-order chi connectivity index (χ0) is 20.0. The number of nitrogens with zero attached hydrogens (tertiary/aromatic N) is 1. The third-order valence-electron chi connectivity index (χ3n) is 3.64. The number of hydrogen-bond donors (Lipinski definition) is 1. The first-order valence-corrected chi connectivity index (χ1v) is 10.1. The van der Waals surface area contributed by atoms with E-state index >= 15 is 0 Å². The van der Waals surface area contributed by atoms with E-state index < -0.39 is 5.91 Å². The molecular weight excluding hydrogens is 566 g/mol. The Hall–Kier alpha value is -2.04. The number of aryl methyl sites for hydroxylation is 2. The van der Waals surface area contributed by atoms with E-state index in [1.165, 1.54) is 0 Å². The monoisotopic (exact) mass is 582 g/mol. The van der Waals surface area contributed by atoms with E-state index in [2.05, 4.69) is 56.4 Å². The molecule has 1 amide bonds. The third-order valence-corrected chi connectivity index (χ3v) is 5.24. The molecule has 2 rings (SSSR count). The standard InChI is InChI=1S/C21H16I2N2O2/c1-4-7-27-20-17(22)10-15(11-18(20)23)9-16(12-24)21(26)25-19-8-13(2)5-6-14(19)3/h1,5-6,8-11H,7H2,2-3H3,(H,25,26)/b16-9+. The Bertz CT molecular complexity index is 975. The maximum absolute atomic E-state index is 12.5. The molecule has 0 aliphatic carbocycles. The Kier molecular flexibility index (Phi) is 7.69. The van der Waals surface area contributed by atoms with Crippen molar-refractivity contribution in [1.29, 1.82) is 5.26 Å². The Morgan fingerprint density at radius 3 is 2.52 bits per heavy atom. The maximum atomic E-state index is 12.5. The van der Waals surface area contributed by atoms with Gasteiger partial charge in [0.2, 0.25) is 0 Å². The number of carbonyl (C=O) groups excluding carboxylic acids is 1. The second-order valence-electron chi connectivity index (χ2n) is 5.75. The molecule has 0 bridgehead atoms. The molecule has 0 spiro atoms. The topological polar surface area (TPSA) is 62.1 Å². The van der Waals surface area contributed by atoms with Crippen LogP contribution in [0.15, 0.2) is 35.9 Å². The largest absolute Gasteiger partial charge is 0.479 e. The first-order chi connectivity index (χ1) is 12.8. The molecule has 2 aromatic carbocycles. The Balaban J connectivity index is 2.30. The molecule has 0 saturated heterocycles. The van der Waals surface area contributed by atoms with Gasteiger partial charge in [-0.3, -0.25) is 4.79 Å². The zero-order valence-corrected chi connectivity index (χ0v) is 19.1. The van der Waals surface area contributed by atoms with Crippen LogP contribution in [0.4, 0.5) is 5.69 Å². The van der Waals surface area contributed by atoms with Gasteiger partial charge in [-0.05, 0) is 100.0 Å². The summed E-state index contributed by atoms with van der Waals surface area (Å²) in [6.07, 6.45) is 6.80. The van der Waals surface area contributed by atoms with Gasteiger partial charge in [-0.15, -0.1) is 6.42 Å². The van der Waals surface area contributed by atoms with Crippen molar-refractivity contribution < 1.29 is 9.53 Å². The summed E-state index contributed by atoms with van der Waals surface area (Å²) in [5.41, 5.74) is 3.43. The van der Waals surface area contributed by atoms with Gasteiger partial charge in [-0.2, -0.15) is 5.26 Å². The molecule has 0 atom stereocenters. The van der Waals surface area contributed by atoms with Crippen molar-refractivity contribution in [3.63, 3.8) is 0 Å². The minimum Gasteiger partial charge on any atom is -0.479 e. The first-order valence-electron chi connectivity index (χ1n) is 7.91. The van der Waals surface area contributed by atoms with Crippen molar-refractivity contribution >= 4 is 62.9 Å². The number of hydrogen-bond acceptors (Lipinski definition) is 3. The molecule has 0 aliphatic rings. The number of amides is 1. The Labute approximate surface area is 186 Å². The lowest BCUT2D eigenvalue weighted by atomic mass is 10.1. The van der Waals surface area contributed by atoms with Gasteiger partial charge in [0.25, 0.3) is 5.91 Å². The van der Waals surface area contributed by atoms with Gasteiger partial charge in [0.05, 0.1) is 7.14 Å². The molecule has 27 heavy (non-hydrogen) atoms. The molecule has 136 valence electrons. The SMILES string of the molecule is C#CCOc1c(I)cc(/C=C(\C#N)C(=O)Nc2cc(C)ccc2C)cc1I. The van der Waals surface area contributed by atoms with Crippen molar-refractivity contribution in [2.75, 3.05) is 11.9 Å². The molecule has 0 unspecified atom stereocenters. The highest BCUT2D eigenvalue weighted by atomic mass is 127. The minimum absolute atomic E-state index is 0.0276. The summed E-state index contributed by atoms with van der Waals surface area (Å²) in [6.45, 7) is 4.04. The van der Waals surface area contributed by atoms with E-state index in [1.807, 2.05) is 50.2 Å². The summed E-state index contributed by atoms with van der Waals surface area (Å²) in [7, 11) is 0. The number of ether oxygens (including phenoxy) is 1. The maximum Gasteiger partial charge on any atom is 0.266 e. The number of terminal acetylenes is 1. The molecule has 4 nitrogen and oxygen atoms in total. The minimum atomic E-state index is -0.441. The van der Waals surface area contributed by atoms with Crippen molar-refractivity contribution in [2.24, 2.45) is 0 Å². The smallest absolute Gasteiger partial charge is 0.266 e. The number of rotatable bonds is 5. The van der Waals surface area contributed by atoms with E-state index in [0.717, 1.165) is 23.8 Å². The van der Waals surface area contributed by atoms with Gasteiger partial charge < -0.3 is 10.1 Å². The van der Waals surface area contributed by atoms with Gasteiger partial charge in [-0.1, -0.05) is 18.1 Å². The lowest BCUT2D eigenvalue weighted by molar-refractivity contribution is -0.112. The molecule has 0 aromatic heterocycles. The van der Waals surface area contributed by atoms with Crippen LogP contribution in [0.1, 0.15) is 16.7 Å². The Morgan fingerprint density at radius 1 is 1.26 bits per heavy atom. The van der Waals surface area contributed by atoms with E-state index in [1.54, 1.807) is 6.08 Å². The van der Waals surface area contributed by atoms with Crippen molar-refractivity contribution in [3.8, 4) is 24.2 Å². The van der Waals surface area contributed by atoms with Crippen LogP contribution in [0.2, 0.25) is 0 Å². The van der Waals surface area contributed by atoms with Crippen LogP contribution in [0.5, 0.6) is 5.75 Å². The highest BCUT2D eigenvalue weighted by Crippen LogP contribution is 2.30. The molecule has 0 radical (unpaired) electrons. The summed E-state index contributed by atoms with van der Waals surface area (Å²) in [5, 5.41) is 12.2. The van der Waals surface area contributed by atoms with Crippen LogP contribution in [0.25, 0.3) is 6.08 Å². The molecule has 0 heterocycles. The Morgan fingerprint density at radius 2 is 1.93 bits per heavy atom. The number of carbonyl (C=O) groups is 1. The van der Waals surface area contributed by atoms with Crippen LogP contribution in [0.3, 0.4) is 0 Å². The molecule has 0 fully saturated rings. The van der Waals surface area contributed by atoms with Crippen LogP contribution < -0.4 is 10.1 Å². The van der Waals surface area contributed by atoms with Crippen LogP contribution in [-0.2, 0) is 4.79 Å². The second kappa shape index (κ2) is 9.77. The van der Waals surface area contributed by atoms with Crippen molar-refractivity contribution in [2.45, 2.75) is 13.8 Å². The van der Waals surface area contributed by atoms with Gasteiger partial charge in [-0.25, -0.2) is 0 Å². The zero-order valence-electron chi connectivity index (χ0n) is 14.8. The molecule has 1 N–H and O–H groups in total. The predicted octanol–water partition coefficient (Wildman–Crippen LogP) is 5.07. The first kappa shape index (κ1) is 21.3. The quantitative estimate of drug-likeness (QED) is 0.232. The highest BCUT2D eigenvalue weighted by molar-refractivity contribution is 14.1. The number of nitriles is 1. The van der Waals surface area contributed by atoms with Crippen LogP contribution in [-0.4, -0.2) is 12.5 Å². The number of benzene rings is 2. The summed E-state index contributed by atoms with van der Waals surface area (Å²) >= 11 is 4.29. The van der Waals surface area contributed by atoms with E-state index in [0.29, 0.717) is 11.4 Å². The van der Waals surface area contributed by atoms with Crippen LogP contribution >= 0.6 is 45.2 Å². The lowest BCUT2D eigenvalue weighted by Gasteiger charge is -2.10. The third kappa shape index (κ3) is 5.72. The number of anilines is 1. The van der Waals surface area contributed by atoms with E-state index in [-0.39, 0.29) is 12.2 Å². The van der Waals surface area contributed by atoms with E-state index in [9.17, 15) is 10.1 Å². The van der Waals surface area contributed by atoms with Gasteiger partial charge in [0, 0.05) is 5.69 Å². The average molecular weight is 582 g/mol. The average Bonchev–Trinajstić information content (AvgIpc) is 2.62. The fourth-order valence-electron chi connectivity index (χ4n) is 2.29. The fraction of sp³-hybridized carbons (Fsp3) is 0.143. The van der Waals surface area contributed by atoms with E-state index in [4.69, 9.17) is 11.2 Å².